The molecule has 1 saturated heterocycles. The van der Waals surface area contributed by atoms with E-state index in [2.05, 4.69) is 5.32 Å². The van der Waals surface area contributed by atoms with Gasteiger partial charge >= 0.3 is 0 Å². The van der Waals surface area contributed by atoms with E-state index in [-0.39, 0.29) is 18.8 Å². The zero-order valence-corrected chi connectivity index (χ0v) is 7.84. The number of hydrogen-bond acceptors (Lipinski definition) is 5. The first kappa shape index (κ1) is 10.9. The van der Waals surface area contributed by atoms with Gasteiger partial charge in [-0.05, 0) is 7.05 Å². The fourth-order valence-electron chi connectivity index (χ4n) is 1.58. The van der Waals surface area contributed by atoms with Gasteiger partial charge in [0.2, 0.25) is 0 Å². The fourth-order valence-corrected chi connectivity index (χ4v) is 1.58. The van der Waals surface area contributed by atoms with Gasteiger partial charge in [-0.3, -0.25) is 5.32 Å². The summed E-state index contributed by atoms with van der Waals surface area (Å²) in [5, 5.41) is 30.7. The number of aliphatic hydroxyl groups excluding tert-OH is 3. The number of nitrogens with one attached hydrogen (secondary N) is 1. The van der Waals surface area contributed by atoms with Crippen LogP contribution < -0.4 is 5.32 Å². The van der Waals surface area contributed by atoms with Gasteiger partial charge in [0.25, 0.3) is 0 Å². The molecule has 4 N–H and O–H groups in total. The van der Waals surface area contributed by atoms with E-state index in [4.69, 9.17) is 9.84 Å². The van der Waals surface area contributed by atoms with Crippen molar-refractivity contribution in [2.24, 2.45) is 5.92 Å². The number of aliphatic hydroxyl groups is 3. The van der Waals surface area contributed by atoms with E-state index in [0.29, 0.717) is 0 Å². The molecule has 1 aliphatic heterocycles. The van der Waals surface area contributed by atoms with E-state index in [1.807, 2.05) is 0 Å². The fraction of sp³-hybridized carbons (Fsp3) is 1.00. The molecule has 0 aromatic heterocycles. The lowest BCUT2D eigenvalue weighted by Crippen LogP contribution is -2.58. The summed E-state index contributed by atoms with van der Waals surface area (Å²) >= 11 is 0. The summed E-state index contributed by atoms with van der Waals surface area (Å²) in [7, 11) is 1.71. The Morgan fingerprint density at radius 1 is 1.31 bits per heavy atom. The van der Waals surface area contributed by atoms with E-state index in [9.17, 15) is 10.2 Å². The van der Waals surface area contributed by atoms with E-state index < -0.39 is 18.3 Å². The first-order valence-electron chi connectivity index (χ1n) is 4.41. The molecule has 0 amide bonds. The van der Waals surface area contributed by atoms with Gasteiger partial charge in [0.05, 0.1) is 12.7 Å². The molecule has 0 aromatic carbocycles. The van der Waals surface area contributed by atoms with Crippen molar-refractivity contribution in [2.75, 3.05) is 13.7 Å². The Morgan fingerprint density at radius 2 is 1.92 bits per heavy atom. The van der Waals surface area contributed by atoms with E-state index in [1.54, 1.807) is 14.0 Å². The van der Waals surface area contributed by atoms with Crippen LogP contribution in [-0.2, 0) is 4.74 Å². The largest absolute Gasteiger partial charge is 0.394 e. The van der Waals surface area contributed by atoms with Crippen molar-refractivity contribution in [3.8, 4) is 0 Å². The van der Waals surface area contributed by atoms with Crippen molar-refractivity contribution in [1.82, 2.24) is 5.32 Å². The zero-order chi connectivity index (χ0) is 10.0. The highest BCUT2D eigenvalue weighted by Gasteiger charge is 2.40. The van der Waals surface area contributed by atoms with Crippen molar-refractivity contribution in [3.05, 3.63) is 0 Å². The molecule has 78 valence electrons. The number of hydrogen-bond donors (Lipinski definition) is 4. The Morgan fingerprint density at radius 3 is 2.38 bits per heavy atom. The summed E-state index contributed by atoms with van der Waals surface area (Å²) in [6, 6.07) is 0. The van der Waals surface area contributed by atoms with Crippen molar-refractivity contribution >= 4 is 0 Å². The SMILES string of the molecule is CNC1OC(CO)C(O)C(O)C1C. The molecule has 5 heteroatoms. The lowest BCUT2D eigenvalue weighted by Gasteiger charge is -2.40. The molecule has 5 nitrogen and oxygen atoms in total. The van der Waals surface area contributed by atoms with Crippen LogP contribution in [0.3, 0.4) is 0 Å². The molecule has 0 spiro atoms. The van der Waals surface area contributed by atoms with Gasteiger partial charge in [-0.1, -0.05) is 6.92 Å². The van der Waals surface area contributed by atoms with Crippen LogP contribution in [0.4, 0.5) is 0 Å². The van der Waals surface area contributed by atoms with Gasteiger partial charge in [0.15, 0.2) is 0 Å². The molecule has 5 atom stereocenters. The predicted molar refractivity (Wildman–Crippen MR) is 46.0 cm³/mol. The van der Waals surface area contributed by atoms with Crippen LogP contribution >= 0.6 is 0 Å². The highest BCUT2D eigenvalue weighted by molar-refractivity contribution is 4.88. The minimum Gasteiger partial charge on any atom is -0.394 e. The molecule has 0 saturated carbocycles. The van der Waals surface area contributed by atoms with Gasteiger partial charge in [-0.25, -0.2) is 0 Å². The van der Waals surface area contributed by atoms with Crippen LogP contribution in [-0.4, -0.2) is 53.5 Å². The van der Waals surface area contributed by atoms with Crippen molar-refractivity contribution in [2.45, 2.75) is 31.5 Å². The Balaban J connectivity index is 2.66. The number of rotatable bonds is 2. The minimum atomic E-state index is -1.01. The molecule has 0 radical (unpaired) electrons. The van der Waals surface area contributed by atoms with Crippen LogP contribution in [0.2, 0.25) is 0 Å². The summed E-state index contributed by atoms with van der Waals surface area (Å²) in [5.74, 6) is -0.192. The minimum absolute atomic E-state index is 0.192. The second-order valence-electron chi connectivity index (χ2n) is 3.41. The van der Waals surface area contributed by atoms with Gasteiger partial charge in [-0.2, -0.15) is 0 Å². The molecule has 0 bridgehead atoms. The summed E-state index contributed by atoms with van der Waals surface area (Å²) in [6.45, 7) is 1.49. The zero-order valence-electron chi connectivity index (χ0n) is 7.84. The molecule has 1 rings (SSSR count). The highest BCUT2D eigenvalue weighted by Crippen LogP contribution is 2.23. The molecule has 13 heavy (non-hydrogen) atoms. The topological polar surface area (TPSA) is 82.0 Å². The van der Waals surface area contributed by atoms with Crippen molar-refractivity contribution in [3.63, 3.8) is 0 Å². The molecule has 5 unspecified atom stereocenters. The maximum absolute atomic E-state index is 9.57. The van der Waals surface area contributed by atoms with Crippen LogP contribution in [0.1, 0.15) is 6.92 Å². The van der Waals surface area contributed by atoms with Gasteiger partial charge < -0.3 is 20.1 Å². The van der Waals surface area contributed by atoms with Crippen LogP contribution in [0.25, 0.3) is 0 Å². The summed E-state index contributed by atoms with van der Waals surface area (Å²) in [4.78, 5) is 0. The smallest absolute Gasteiger partial charge is 0.113 e. The third-order valence-electron chi connectivity index (χ3n) is 2.53. The lowest BCUT2D eigenvalue weighted by molar-refractivity contribution is -0.211. The molecular formula is C8H17NO4. The van der Waals surface area contributed by atoms with Gasteiger partial charge in [0, 0.05) is 5.92 Å². The van der Waals surface area contributed by atoms with Crippen molar-refractivity contribution < 1.29 is 20.1 Å². The third-order valence-corrected chi connectivity index (χ3v) is 2.53. The first-order valence-corrected chi connectivity index (χ1v) is 4.41. The third kappa shape index (κ3) is 2.00. The average Bonchev–Trinajstić information content (AvgIpc) is 2.15. The summed E-state index contributed by atoms with van der Waals surface area (Å²) in [5.41, 5.74) is 0. The van der Waals surface area contributed by atoms with E-state index >= 15 is 0 Å². The maximum Gasteiger partial charge on any atom is 0.113 e. The highest BCUT2D eigenvalue weighted by atomic mass is 16.5. The molecule has 0 aliphatic carbocycles. The maximum atomic E-state index is 9.57. The summed E-state index contributed by atoms with van der Waals surface area (Å²) < 4.78 is 5.31. The van der Waals surface area contributed by atoms with E-state index in [0.717, 1.165) is 0 Å². The molecule has 0 aromatic rings. The quantitative estimate of drug-likeness (QED) is 0.417. The summed E-state index contributed by atoms with van der Waals surface area (Å²) in [6.07, 6.45) is -2.90. The molecule has 1 fully saturated rings. The predicted octanol–water partition coefficient (Wildman–Crippen LogP) is -1.72. The normalized spacial score (nSPS) is 46.4. The Bertz CT molecular complexity index is 146. The molecule has 1 heterocycles. The average molecular weight is 191 g/mol. The Kier molecular flexibility index (Phi) is 3.63. The Hall–Kier alpha value is -0.200. The Labute approximate surface area is 77.3 Å². The van der Waals surface area contributed by atoms with Crippen LogP contribution in [0.5, 0.6) is 0 Å². The lowest BCUT2D eigenvalue weighted by atomic mass is 9.91. The van der Waals surface area contributed by atoms with Gasteiger partial charge in [-0.15, -0.1) is 0 Å². The van der Waals surface area contributed by atoms with Crippen LogP contribution in [0, 0.1) is 5.92 Å². The van der Waals surface area contributed by atoms with Crippen LogP contribution in [0.15, 0.2) is 0 Å². The molecule has 1 aliphatic rings. The first-order chi connectivity index (χ1) is 6.11. The van der Waals surface area contributed by atoms with E-state index in [1.165, 1.54) is 0 Å². The van der Waals surface area contributed by atoms with Crippen molar-refractivity contribution in [1.29, 1.82) is 0 Å². The monoisotopic (exact) mass is 191 g/mol. The second kappa shape index (κ2) is 4.34. The van der Waals surface area contributed by atoms with Gasteiger partial charge in [0.1, 0.15) is 18.4 Å². The number of ether oxygens (including phenoxy) is 1. The standard InChI is InChI=1S/C8H17NO4/c1-4-6(11)7(12)5(3-10)13-8(4)9-2/h4-12H,3H2,1-2H3. The second-order valence-corrected chi connectivity index (χ2v) is 3.41. The molecular weight excluding hydrogens is 174 g/mol.